The zero-order chi connectivity index (χ0) is 50.0. The second kappa shape index (κ2) is 56.4. The van der Waals surface area contributed by atoms with E-state index in [9.17, 15) is 14.4 Å². The summed E-state index contributed by atoms with van der Waals surface area (Å²) in [6, 6.07) is 0. The van der Waals surface area contributed by atoms with Crippen LogP contribution >= 0.6 is 0 Å². The second-order valence-corrected chi connectivity index (χ2v) is 18.3. The number of ether oxygens (including phenoxy) is 3. The highest BCUT2D eigenvalue weighted by molar-refractivity contribution is 5.71. The van der Waals surface area contributed by atoms with Crippen LogP contribution in [0.2, 0.25) is 0 Å². The fourth-order valence-corrected chi connectivity index (χ4v) is 7.41. The van der Waals surface area contributed by atoms with Gasteiger partial charge in [-0.15, -0.1) is 0 Å². The van der Waals surface area contributed by atoms with Gasteiger partial charge < -0.3 is 14.2 Å². The Hall–Kier alpha value is -4.19. The third-order valence-electron chi connectivity index (χ3n) is 11.6. The first-order valence-corrected chi connectivity index (χ1v) is 28.2. The van der Waals surface area contributed by atoms with Crippen molar-refractivity contribution in [3.8, 4) is 0 Å². The third-order valence-corrected chi connectivity index (χ3v) is 11.6. The van der Waals surface area contributed by atoms with Gasteiger partial charge in [0.25, 0.3) is 0 Å². The van der Waals surface area contributed by atoms with E-state index >= 15 is 0 Å². The molecule has 0 aliphatic heterocycles. The maximum atomic E-state index is 12.8. The van der Waals surface area contributed by atoms with Crippen molar-refractivity contribution in [2.75, 3.05) is 13.2 Å². The molecule has 0 aromatic carbocycles. The number of carbonyl (C=O) groups excluding carboxylic acids is 3. The summed E-state index contributed by atoms with van der Waals surface area (Å²) in [4.78, 5) is 38.1. The Balaban J connectivity index is 4.55. The van der Waals surface area contributed by atoms with Gasteiger partial charge in [-0.3, -0.25) is 14.4 Å². The number of hydrogen-bond acceptors (Lipinski definition) is 6. The molecule has 69 heavy (non-hydrogen) atoms. The van der Waals surface area contributed by atoms with Gasteiger partial charge in [-0.2, -0.15) is 0 Å². The normalized spacial score (nSPS) is 13.0. The van der Waals surface area contributed by atoms with Crippen molar-refractivity contribution in [1.82, 2.24) is 0 Å². The van der Waals surface area contributed by atoms with Gasteiger partial charge in [0.15, 0.2) is 6.10 Å². The molecule has 0 heterocycles. The SMILES string of the molecule is CC\C=C/C=C\C=C/C=C\C=C\C=C/CCCCCC(=O)OC(COC(=O)CCCCCCC\C=C/C=C\C=C/CCCCCCC)COC(=O)CCCCCCC/C=C\CCCCCCCCC. The van der Waals surface area contributed by atoms with Crippen molar-refractivity contribution in [2.24, 2.45) is 0 Å². The van der Waals surface area contributed by atoms with E-state index in [0.717, 1.165) is 103 Å². The number of unbranched alkanes of at least 4 members (excludes halogenated alkanes) is 25. The largest absolute Gasteiger partial charge is 0.462 e. The van der Waals surface area contributed by atoms with Gasteiger partial charge in [-0.25, -0.2) is 0 Å². The Morgan fingerprint density at radius 3 is 0.942 bits per heavy atom. The Morgan fingerprint density at radius 2 is 0.580 bits per heavy atom. The Labute approximate surface area is 424 Å². The topological polar surface area (TPSA) is 78.9 Å². The van der Waals surface area contributed by atoms with Crippen LogP contribution in [0.4, 0.5) is 0 Å². The molecular weight excluding hydrogens is 853 g/mol. The highest BCUT2D eigenvalue weighted by atomic mass is 16.6. The molecule has 0 amide bonds. The zero-order valence-electron chi connectivity index (χ0n) is 44.5. The molecule has 0 radical (unpaired) electrons. The molecule has 390 valence electrons. The minimum atomic E-state index is -0.817. The van der Waals surface area contributed by atoms with Crippen LogP contribution in [0, 0.1) is 0 Å². The van der Waals surface area contributed by atoms with Crippen molar-refractivity contribution in [1.29, 1.82) is 0 Å². The van der Waals surface area contributed by atoms with Gasteiger partial charge in [0.2, 0.25) is 0 Å². The molecule has 0 saturated heterocycles. The summed E-state index contributed by atoms with van der Waals surface area (Å²) in [5, 5.41) is 0. The van der Waals surface area contributed by atoms with Crippen LogP contribution in [0.5, 0.6) is 0 Å². The molecule has 0 aromatic rings. The summed E-state index contributed by atoms with van der Waals surface area (Å²) in [6.45, 7) is 6.41. The van der Waals surface area contributed by atoms with Gasteiger partial charge in [0, 0.05) is 19.3 Å². The number of carbonyl (C=O) groups is 3. The smallest absolute Gasteiger partial charge is 0.306 e. The Bertz CT molecular complexity index is 1470. The van der Waals surface area contributed by atoms with Crippen molar-refractivity contribution in [2.45, 2.75) is 245 Å². The van der Waals surface area contributed by atoms with Crippen molar-refractivity contribution >= 4 is 17.9 Å². The lowest BCUT2D eigenvalue weighted by Crippen LogP contribution is -2.30. The van der Waals surface area contributed by atoms with Crippen molar-refractivity contribution < 1.29 is 28.6 Å². The fourth-order valence-electron chi connectivity index (χ4n) is 7.41. The summed E-state index contributed by atoms with van der Waals surface area (Å²) in [5.41, 5.74) is 0. The van der Waals surface area contributed by atoms with E-state index < -0.39 is 6.10 Å². The van der Waals surface area contributed by atoms with Gasteiger partial charge in [0.05, 0.1) is 0 Å². The van der Waals surface area contributed by atoms with Gasteiger partial charge in [0.1, 0.15) is 13.2 Å². The molecule has 6 nitrogen and oxygen atoms in total. The van der Waals surface area contributed by atoms with Crippen LogP contribution in [-0.2, 0) is 28.6 Å². The molecule has 0 aliphatic carbocycles. The molecule has 1 unspecified atom stereocenters. The van der Waals surface area contributed by atoms with Crippen LogP contribution in [0.1, 0.15) is 239 Å². The first-order chi connectivity index (χ1) is 34.0. The summed E-state index contributed by atoms with van der Waals surface area (Å²) in [6.07, 6.45) is 77.5. The Morgan fingerprint density at radius 1 is 0.304 bits per heavy atom. The van der Waals surface area contributed by atoms with E-state index in [4.69, 9.17) is 14.2 Å². The average molecular weight is 956 g/mol. The molecule has 0 aromatic heterocycles. The molecule has 0 fully saturated rings. The predicted molar refractivity (Wildman–Crippen MR) is 297 cm³/mol. The highest BCUT2D eigenvalue weighted by Gasteiger charge is 2.19. The number of esters is 3. The molecular formula is C63H102O6. The Kier molecular flexibility index (Phi) is 53.0. The molecule has 6 heteroatoms. The van der Waals surface area contributed by atoms with Crippen LogP contribution < -0.4 is 0 Å². The highest BCUT2D eigenvalue weighted by Crippen LogP contribution is 2.13. The lowest BCUT2D eigenvalue weighted by molar-refractivity contribution is -0.167. The second-order valence-electron chi connectivity index (χ2n) is 18.3. The quantitative estimate of drug-likeness (QED) is 0.0199. The summed E-state index contributed by atoms with van der Waals surface area (Å²) >= 11 is 0. The maximum absolute atomic E-state index is 12.8. The minimum absolute atomic E-state index is 0.110. The predicted octanol–water partition coefficient (Wildman–Crippen LogP) is 18.9. The average Bonchev–Trinajstić information content (AvgIpc) is 3.35. The standard InChI is InChI=1S/C63H102O6/c1-4-7-10-13-16-19-22-25-28-31-33-35-38-41-44-47-50-53-56-62(65)68-59-60(58-67-61(64)55-52-49-46-43-40-37-34-30-27-24-21-18-15-12-9-6-3)69-63(66)57-54-51-48-45-42-39-36-32-29-26-23-20-17-14-11-8-5-2/h8,11,14,17,20,22-23,25-26,28-36,39,42,60H,4-7,9-10,12-13,15-16,18-19,21,24,27,37-38,40-41,43-59H2,1-3H3/b11-8-,17-14-,23-20-,25-22-,29-26-,31-28-,34-30-,35-33-,36-32+,42-39-. The summed E-state index contributed by atoms with van der Waals surface area (Å²) < 4.78 is 16.8. The number of hydrogen-bond donors (Lipinski definition) is 0. The van der Waals surface area contributed by atoms with Gasteiger partial charge in [-0.1, -0.05) is 251 Å². The molecule has 0 rings (SSSR count). The third kappa shape index (κ3) is 54.6. The number of rotatable bonds is 49. The molecule has 0 bridgehead atoms. The lowest BCUT2D eigenvalue weighted by Gasteiger charge is -2.18. The number of allylic oxidation sites excluding steroid dienone is 20. The zero-order valence-corrected chi connectivity index (χ0v) is 44.5. The van der Waals surface area contributed by atoms with E-state index in [1.165, 1.54) is 89.9 Å². The van der Waals surface area contributed by atoms with Crippen molar-refractivity contribution in [3.63, 3.8) is 0 Å². The molecule has 0 N–H and O–H groups in total. The molecule has 1 atom stereocenters. The van der Waals surface area contributed by atoms with E-state index in [0.29, 0.717) is 19.3 Å². The minimum Gasteiger partial charge on any atom is -0.462 e. The van der Waals surface area contributed by atoms with Gasteiger partial charge in [-0.05, 0) is 89.9 Å². The van der Waals surface area contributed by atoms with E-state index in [2.05, 4.69) is 81.5 Å². The van der Waals surface area contributed by atoms with Crippen LogP contribution in [0.3, 0.4) is 0 Å². The maximum Gasteiger partial charge on any atom is 0.306 e. The van der Waals surface area contributed by atoms with Crippen LogP contribution in [0.25, 0.3) is 0 Å². The van der Waals surface area contributed by atoms with E-state index in [1.54, 1.807) is 0 Å². The monoisotopic (exact) mass is 955 g/mol. The van der Waals surface area contributed by atoms with Crippen LogP contribution in [-0.4, -0.2) is 37.2 Å². The molecule has 0 aliphatic rings. The molecule has 0 saturated carbocycles. The summed E-state index contributed by atoms with van der Waals surface area (Å²) in [7, 11) is 0. The van der Waals surface area contributed by atoms with E-state index in [1.807, 2.05) is 60.8 Å². The summed E-state index contributed by atoms with van der Waals surface area (Å²) in [5.74, 6) is -0.985. The van der Waals surface area contributed by atoms with Gasteiger partial charge >= 0.3 is 17.9 Å². The lowest BCUT2D eigenvalue weighted by atomic mass is 10.1. The van der Waals surface area contributed by atoms with E-state index in [-0.39, 0.29) is 37.5 Å². The first-order valence-electron chi connectivity index (χ1n) is 28.2. The first kappa shape index (κ1) is 64.8. The molecule has 0 spiro atoms. The van der Waals surface area contributed by atoms with Crippen LogP contribution in [0.15, 0.2) is 122 Å². The van der Waals surface area contributed by atoms with Crippen molar-refractivity contribution in [3.05, 3.63) is 122 Å². The fraction of sp³-hybridized carbons (Fsp3) is 0.635.